The Hall–Kier alpha value is -0.570. The quantitative estimate of drug-likeness (QED) is 0.630. The van der Waals surface area contributed by atoms with Gasteiger partial charge in [-0.25, -0.2) is 0 Å². The van der Waals surface area contributed by atoms with Crippen LogP contribution < -0.4 is 0 Å². The van der Waals surface area contributed by atoms with Gasteiger partial charge in [0.25, 0.3) is 0 Å². The predicted octanol–water partition coefficient (Wildman–Crippen LogP) is 1.75. The van der Waals surface area contributed by atoms with Gasteiger partial charge in [0.15, 0.2) is 0 Å². The Labute approximate surface area is 79.4 Å². The van der Waals surface area contributed by atoms with Gasteiger partial charge in [0.1, 0.15) is 0 Å². The molecule has 1 aliphatic rings. The first kappa shape index (κ1) is 10.5. The van der Waals surface area contributed by atoms with Crippen molar-refractivity contribution in [2.45, 2.75) is 39.2 Å². The lowest BCUT2D eigenvalue weighted by Gasteiger charge is -2.27. The third-order valence-electron chi connectivity index (χ3n) is 2.90. The van der Waals surface area contributed by atoms with E-state index in [1.54, 1.807) is 7.11 Å². The highest BCUT2D eigenvalue weighted by Gasteiger charge is 2.46. The molecular formula is C10H18O3. The third kappa shape index (κ3) is 1.85. The number of hydrogen-bond donors (Lipinski definition) is 0. The highest BCUT2D eigenvalue weighted by molar-refractivity contribution is 5.77. The fourth-order valence-corrected chi connectivity index (χ4v) is 2.04. The second-order valence-electron chi connectivity index (χ2n) is 3.75. The van der Waals surface area contributed by atoms with Crippen LogP contribution in [0.2, 0.25) is 0 Å². The zero-order chi connectivity index (χ0) is 9.90. The Kier molecular flexibility index (Phi) is 3.31. The molecule has 3 heteroatoms. The van der Waals surface area contributed by atoms with Gasteiger partial charge in [0, 0.05) is 7.11 Å². The maximum atomic E-state index is 11.6. The number of esters is 1. The summed E-state index contributed by atoms with van der Waals surface area (Å²) in [6.07, 6.45) is 2.93. The Morgan fingerprint density at radius 1 is 1.62 bits per heavy atom. The molecule has 0 aromatic rings. The SMILES string of the molecule is CCOC(=O)C1(C)CCCC1OC. The van der Waals surface area contributed by atoms with E-state index < -0.39 is 5.41 Å². The summed E-state index contributed by atoms with van der Waals surface area (Å²) >= 11 is 0. The Morgan fingerprint density at radius 3 is 2.85 bits per heavy atom. The van der Waals surface area contributed by atoms with Crippen molar-refractivity contribution in [1.82, 2.24) is 0 Å². The molecule has 1 fully saturated rings. The average molecular weight is 186 g/mol. The summed E-state index contributed by atoms with van der Waals surface area (Å²) < 4.78 is 10.3. The zero-order valence-electron chi connectivity index (χ0n) is 8.63. The second kappa shape index (κ2) is 4.09. The smallest absolute Gasteiger partial charge is 0.314 e. The van der Waals surface area contributed by atoms with E-state index in [2.05, 4.69) is 0 Å². The molecule has 0 amide bonds. The van der Waals surface area contributed by atoms with Crippen molar-refractivity contribution in [3.05, 3.63) is 0 Å². The molecule has 0 N–H and O–H groups in total. The molecule has 0 aliphatic heterocycles. The zero-order valence-corrected chi connectivity index (χ0v) is 8.63. The van der Waals surface area contributed by atoms with E-state index in [9.17, 15) is 4.79 Å². The minimum absolute atomic E-state index is 0.0338. The van der Waals surface area contributed by atoms with Gasteiger partial charge in [-0.2, -0.15) is 0 Å². The lowest BCUT2D eigenvalue weighted by molar-refractivity contribution is -0.160. The first-order chi connectivity index (χ1) is 6.15. The minimum Gasteiger partial charge on any atom is -0.465 e. The summed E-state index contributed by atoms with van der Waals surface area (Å²) in [5.41, 5.74) is -0.412. The van der Waals surface area contributed by atoms with Crippen LogP contribution in [0, 0.1) is 5.41 Å². The summed E-state index contributed by atoms with van der Waals surface area (Å²) in [5.74, 6) is -0.112. The number of ether oxygens (including phenoxy) is 2. The van der Waals surface area contributed by atoms with Crippen molar-refractivity contribution in [1.29, 1.82) is 0 Å². The molecule has 1 aliphatic carbocycles. The number of hydrogen-bond acceptors (Lipinski definition) is 3. The van der Waals surface area contributed by atoms with E-state index in [0.29, 0.717) is 6.61 Å². The molecule has 0 radical (unpaired) electrons. The number of carbonyl (C=O) groups excluding carboxylic acids is 1. The lowest BCUT2D eigenvalue weighted by Crippen LogP contribution is -2.38. The highest BCUT2D eigenvalue weighted by Crippen LogP contribution is 2.40. The van der Waals surface area contributed by atoms with Crippen LogP contribution >= 0.6 is 0 Å². The fourth-order valence-electron chi connectivity index (χ4n) is 2.04. The molecule has 0 bridgehead atoms. The molecule has 3 nitrogen and oxygen atoms in total. The summed E-state index contributed by atoms with van der Waals surface area (Å²) in [4.78, 5) is 11.6. The van der Waals surface area contributed by atoms with Crippen LogP contribution in [-0.4, -0.2) is 25.8 Å². The maximum Gasteiger partial charge on any atom is 0.314 e. The predicted molar refractivity (Wildman–Crippen MR) is 49.4 cm³/mol. The molecule has 0 saturated heterocycles. The van der Waals surface area contributed by atoms with Gasteiger partial charge in [0.2, 0.25) is 0 Å². The minimum atomic E-state index is -0.412. The normalized spacial score (nSPS) is 33.3. The number of rotatable bonds is 3. The number of carbonyl (C=O) groups is 1. The van der Waals surface area contributed by atoms with Gasteiger partial charge < -0.3 is 9.47 Å². The summed E-state index contributed by atoms with van der Waals surface area (Å²) in [6.45, 7) is 4.22. The molecule has 1 saturated carbocycles. The molecule has 0 spiro atoms. The van der Waals surface area contributed by atoms with Gasteiger partial charge >= 0.3 is 5.97 Å². The average Bonchev–Trinajstić information content (AvgIpc) is 2.48. The molecule has 0 aromatic heterocycles. The molecule has 76 valence electrons. The van der Waals surface area contributed by atoms with Crippen LogP contribution in [0.25, 0.3) is 0 Å². The summed E-state index contributed by atoms with van der Waals surface area (Å²) in [5, 5.41) is 0. The van der Waals surface area contributed by atoms with Crippen LogP contribution in [0.1, 0.15) is 33.1 Å². The molecule has 1 rings (SSSR count). The van der Waals surface area contributed by atoms with Gasteiger partial charge in [-0.1, -0.05) is 0 Å². The van der Waals surface area contributed by atoms with E-state index in [4.69, 9.17) is 9.47 Å². The summed E-state index contributed by atoms with van der Waals surface area (Å²) in [7, 11) is 1.66. The van der Waals surface area contributed by atoms with Crippen molar-refractivity contribution in [3.63, 3.8) is 0 Å². The monoisotopic (exact) mass is 186 g/mol. The molecule has 0 heterocycles. The standard InChI is InChI=1S/C10H18O3/c1-4-13-9(11)10(2)7-5-6-8(10)12-3/h8H,4-7H2,1-3H3. The third-order valence-corrected chi connectivity index (χ3v) is 2.90. The molecule has 2 unspecified atom stereocenters. The summed E-state index contributed by atoms with van der Waals surface area (Å²) in [6, 6.07) is 0. The fraction of sp³-hybridized carbons (Fsp3) is 0.900. The second-order valence-corrected chi connectivity index (χ2v) is 3.75. The van der Waals surface area contributed by atoms with Gasteiger partial charge in [-0.05, 0) is 33.1 Å². The van der Waals surface area contributed by atoms with Crippen molar-refractivity contribution < 1.29 is 14.3 Å². The molecular weight excluding hydrogens is 168 g/mol. The van der Waals surface area contributed by atoms with Crippen LogP contribution in [0.15, 0.2) is 0 Å². The maximum absolute atomic E-state index is 11.6. The topological polar surface area (TPSA) is 35.5 Å². The van der Waals surface area contributed by atoms with Gasteiger partial charge in [0.05, 0.1) is 18.1 Å². The van der Waals surface area contributed by atoms with Crippen molar-refractivity contribution >= 4 is 5.97 Å². The number of methoxy groups -OCH3 is 1. The van der Waals surface area contributed by atoms with E-state index in [-0.39, 0.29) is 12.1 Å². The molecule has 13 heavy (non-hydrogen) atoms. The van der Waals surface area contributed by atoms with Crippen LogP contribution in [0.3, 0.4) is 0 Å². The van der Waals surface area contributed by atoms with Crippen molar-refractivity contribution in [2.24, 2.45) is 5.41 Å². The van der Waals surface area contributed by atoms with E-state index in [1.165, 1.54) is 0 Å². The largest absolute Gasteiger partial charge is 0.465 e. The molecule has 0 aromatic carbocycles. The first-order valence-electron chi connectivity index (χ1n) is 4.85. The Balaban J connectivity index is 2.67. The Morgan fingerprint density at radius 2 is 2.31 bits per heavy atom. The van der Waals surface area contributed by atoms with Crippen molar-refractivity contribution in [3.8, 4) is 0 Å². The highest BCUT2D eigenvalue weighted by atomic mass is 16.5. The van der Waals surface area contributed by atoms with E-state index in [0.717, 1.165) is 19.3 Å². The van der Waals surface area contributed by atoms with Gasteiger partial charge in [-0.15, -0.1) is 0 Å². The lowest BCUT2D eigenvalue weighted by atomic mass is 9.86. The van der Waals surface area contributed by atoms with E-state index >= 15 is 0 Å². The van der Waals surface area contributed by atoms with Crippen LogP contribution in [0.5, 0.6) is 0 Å². The Bertz CT molecular complexity index is 191. The van der Waals surface area contributed by atoms with E-state index in [1.807, 2.05) is 13.8 Å². The van der Waals surface area contributed by atoms with Crippen molar-refractivity contribution in [2.75, 3.05) is 13.7 Å². The first-order valence-corrected chi connectivity index (χ1v) is 4.85. The van der Waals surface area contributed by atoms with Crippen LogP contribution in [-0.2, 0) is 14.3 Å². The van der Waals surface area contributed by atoms with Crippen LogP contribution in [0.4, 0.5) is 0 Å². The van der Waals surface area contributed by atoms with Gasteiger partial charge in [-0.3, -0.25) is 4.79 Å². The molecule has 2 atom stereocenters.